The highest BCUT2D eigenvalue weighted by Crippen LogP contribution is 2.14. The lowest BCUT2D eigenvalue weighted by molar-refractivity contribution is -0.118. The molecule has 0 spiro atoms. The van der Waals surface area contributed by atoms with Crippen LogP contribution in [0.3, 0.4) is 0 Å². The molecule has 0 aliphatic carbocycles. The van der Waals surface area contributed by atoms with Gasteiger partial charge in [0.1, 0.15) is 5.75 Å². The van der Waals surface area contributed by atoms with Crippen molar-refractivity contribution in [3.63, 3.8) is 0 Å². The maximum absolute atomic E-state index is 12.1. The Hall–Kier alpha value is -3.67. The summed E-state index contributed by atoms with van der Waals surface area (Å²) >= 11 is 0. The summed E-state index contributed by atoms with van der Waals surface area (Å²) in [7, 11) is 0. The Morgan fingerprint density at radius 3 is 2.37 bits per heavy atom. The molecule has 2 amide bonds. The van der Waals surface area contributed by atoms with Gasteiger partial charge in [0.2, 0.25) is 0 Å². The van der Waals surface area contributed by atoms with Crippen LogP contribution in [0.2, 0.25) is 0 Å². The van der Waals surface area contributed by atoms with Crippen molar-refractivity contribution in [2.75, 3.05) is 11.9 Å². The van der Waals surface area contributed by atoms with Gasteiger partial charge in [0, 0.05) is 24.6 Å². The van der Waals surface area contributed by atoms with Crippen LogP contribution in [0.5, 0.6) is 5.75 Å². The van der Waals surface area contributed by atoms with E-state index < -0.39 is 0 Å². The average molecular weight is 403 g/mol. The third-order valence-electron chi connectivity index (χ3n) is 4.45. The van der Waals surface area contributed by atoms with Crippen LogP contribution in [0.15, 0.2) is 73.1 Å². The zero-order valence-corrected chi connectivity index (χ0v) is 16.9. The Morgan fingerprint density at radius 1 is 0.967 bits per heavy atom. The highest BCUT2D eigenvalue weighted by atomic mass is 16.5. The minimum Gasteiger partial charge on any atom is -0.484 e. The number of hydrogen-bond acceptors (Lipinski definition) is 4. The fourth-order valence-corrected chi connectivity index (χ4v) is 2.87. The van der Waals surface area contributed by atoms with Gasteiger partial charge < -0.3 is 15.4 Å². The SMILES string of the molecule is CCCc1ccc(OCC(=O)Nc2ccc(CNC(=O)c3cccnc3)cc2)cc1. The number of rotatable bonds is 9. The van der Waals surface area contributed by atoms with Crippen molar-refractivity contribution in [3.05, 3.63) is 89.7 Å². The molecule has 1 aromatic heterocycles. The molecule has 6 nitrogen and oxygen atoms in total. The molecule has 0 aliphatic heterocycles. The molecular weight excluding hydrogens is 378 g/mol. The first kappa shape index (κ1) is 21.0. The normalized spacial score (nSPS) is 10.3. The summed E-state index contributed by atoms with van der Waals surface area (Å²) in [5.41, 5.74) is 3.37. The number of ether oxygens (including phenoxy) is 1. The predicted molar refractivity (Wildman–Crippen MR) is 116 cm³/mol. The Morgan fingerprint density at radius 2 is 1.70 bits per heavy atom. The first-order valence-corrected chi connectivity index (χ1v) is 9.93. The summed E-state index contributed by atoms with van der Waals surface area (Å²) in [6.45, 7) is 2.47. The lowest BCUT2D eigenvalue weighted by atomic mass is 10.1. The summed E-state index contributed by atoms with van der Waals surface area (Å²) in [6, 6.07) is 18.5. The molecule has 3 rings (SSSR count). The number of benzene rings is 2. The number of aromatic nitrogens is 1. The smallest absolute Gasteiger partial charge is 0.262 e. The first-order chi connectivity index (χ1) is 14.6. The highest BCUT2D eigenvalue weighted by Gasteiger charge is 2.06. The molecule has 0 radical (unpaired) electrons. The van der Waals surface area contributed by atoms with E-state index in [4.69, 9.17) is 4.74 Å². The second kappa shape index (κ2) is 10.8. The molecule has 30 heavy (non-hydrogen) atoms. The fraction of sp³-hybridized carbons (Fsp3) is 0.208. The topological polar surface area (TPSA) is 80.3 Å². The molecular formula is C24H25N3O3. The molecule has 0 fully saturated rings. The average Bonchev–Trinajstić information content (AvgIpc) is 2.79. The van der Waals surface area contributed by atoms with Gasteiger partial charge in [0.05, 0.1) is 5.56 Å². The molecule has 0 unspecified atom stereocenters. The molecule has 1 heterocycles. The number of carbonyl (C=O) groups is 2. The number of pyridine rings is 1. The molecule has 6 heteroatoms. The van der Waals surface area contributed by atoms with Crippen LogP contribution >= 0.6 is 0 Å². The summed E-state index contributed by atoms with van der Waals surface area (Å²) < 4.78 is 5.54. The molecule has 2 N–H and O–H groups in total. The summed E-state index contributed by atoms with van der Waals surface area (Å²) in [5.74, 6) is 0.260. The van der Waals surface area contributed by atoms with E-state index in [2.05, 4.69) is 22.5 Å². The number of anilines is 1. The fourth-order valence-electron chi connectivity index (χ4n) is 2.87. The van der Waals surface area contributed by atoms with Gasteiger partial charge in [0.15, 0.2) is 6.61 Å². The largest absolute Gasteiger partial charge is 0.484 e. The molecule has 0 bridgehead atoms. The Bertz CT molecular complexity index is 955. The van der Waals surface area contributed by atoms with E-state index in [9.17, 15) is 9.59 Å². The zero-order valence-electron chi connectivity index (χ0n) is 16.9. The Labute approximate surface area is 176 Å². The van der Waals surface area contributed by atoms with Crippen molar-refractivity contribution in [1.82, 2.24) is 10.3 Å². The van der Waals surface area contributed by atoms with Crippen molar-refractivity contribution >= 4 is 17.5 Å². The number of aryl methyl sites for hydroxylation is 1. The van der Waals surface area contributed by atoms with Crippen molar-refractivity contribution in [1.29, 1.82) is 0 Å². The van der Waals surface area contributed by atoms with E-state index in [1.165, 1.54) is 11.8 Å². The van der Waals surface area contributed by atoms with Crippen LogP contribution in [0.1, 0.15) is 34.8 Å². The van der Waals surface area contributed by atoms with Crippen molar-refractivity contribution < 1.29 is 14.3 Å². The number of carbonyl (C=O) groups excluding carboxylic acids is 2. The van der Waals surface area contributed by atoms with Gasteiger partial charge in [0.25, 0.3) is 11.8 Å². The molecule has 0 saturated heterocycles. The van der Waals surface area contributed by atoms with Crippen LogP contribution in [0, 0.1) is 0 Å². The summed E-state index contributed by atoms with van der Waals surface area (Å²) in [6.07, 6.45) is 5.27. The molecule has 0 saturated carbocycles. The van der Waals surface area contributed by atoms with Crippen LogP contribution in [0.4, 0.5) is 5.69 Å². The first-order valence-electron chi connectivity index (χ1n) is 9.93. The third-order valence-corrected chi connectivity index (χ3v) is 4.45. The van der Waals surface area contributed by atoms with E-state index >= 15 is 0 Å². The molecule has 3 aromatic rings. The van der Waals surface area contributed by atoms with Crippen LogP contribution in [-0.2, 0) is 17.8 Å². The monoisotopic (exact) mass is 403 g/mol. The standard InChI is InChI=1S/C24H25N3O3/c1-2-4-18-8-12-22(13-9-18)30-17-23(28)27-21-10-6-19(7-11-21)15-26-24(29)20-5-3-14-25-16-20/h3,5-14,16H,2,4,15,17H2,1H3,(H,26,29)(H,27,28). The van der Waals surface area contributed by atoms with Gasteiger partial charge in [-0.05, 0) is 53.9 Å². The van der Waals surface area contributed by atoms with Gasteiger partial charge in [-0.25, -0.2) is 0 Å². The third kappa shape index (κ3) is 6.44. The maximum Gasteiger partial charge on any atom is 0.262 e. The van der Waals surface area contributed by atoms with Gasteiger partial charge in [-0.15, -0.1) is 0 Å². The van der Waals surface area contributed by atoms with Crippen LogP contribution < -0.4 is 15.4 Å². The lowest BCUT2D eigenvalue weighted by Crippen LogP contribution is -2.23. The van der Waals surface area contributed by atoms with Crippen molar-refractivity contribution in [2.45, 2.75) is 26.3 Å². The van der Waals surface area contributed by atoms with Gasteiger partial charge in [-0.2, -0.15) is 0 Å². The molecule has 2 aromatic carbocycles. The Balaban J connectivity index is 1.43. The quantitative estimate of drug-likeness (QED) is 0.566. The number of nitrogens with zero attached hydrogens (tertiary/aromatic N) is 1. The van der Waals surface area contributed by atoms with E-state index in [1.54, 1.807) is 30.5 Å². The summed E-state index contributed by atoms with van der Waals surface area (Å²) in [5, 5.41) is 5.64. The van der Waals surface area contributed by atoms with Crippen LogP contribution in [-0.4, -0.2) is 23.4 Å². The van der Waals surface area contributed by atoms with E-state index in [1.807, 2.05) is 36.4 Å². The van der Waals surface area contributed by atoms with Crippen LogP contribution in [0.25, 0.3) is 0 Å². The van der Waals surface area contributed by atoms with Crippen molar-refractivity contribution in [2.24, 2.45) is 0 Å². The lowest BCUT2D eigenvalue weighted by Gasteiger charge is -2.09. The zero-order chi connectivity index (χ0) is 21.2. The molecule has 0 aliphatic rings. The van der Waals surface area contributed by atoms with Gasteiger partial charge >= 0.3 is 0 Å². The minimum atomic E-state index is -0.231. The Kier molecular flexibility index (Phi) is 7.55. The highest BCUT2D eigenvalue weighted by molar-refractivity contribution is 5.94. The van der Waals surface area contributed by atoms with E-state index in [0.29, 0.717) is 23.5 Å². The molecule has 0 atom stereocenters. The van der Waals surface area contributed by atoms with Gasteiger partial charge in [-0.3, -0.25) is 14.6 Å². The minimum absolute atomic E-state index is 0.0595. The van der Waals surface area contributed by atoms with E-state index in [0.717, 1.165) is 18.4 Å². The summed E-state index contributed by atoms with van der Waals surface area (Å²) in [4.78, 5) is 28.1. The second-order valence-electron chi connectivity index (χ2n) is 6.85. The van der Waals surface area contributed by atoms with Gasteiger partial charge in [-0.1, -0.05) is 37.6 Å². The number of hydrogen-bond donors (Lipinski definition) is 2. The molecule has 154 valence electrons. The van der Waals surface area contributed by atoms with Crippen molar-refractivity contribution in [3.8, 4) is 5.75 Å². The predicted octanol–water partition coefficient (Wildman–Crippen LogP) is 3.98. The van der Waals surface area contributed by atoms with E-state index in [-0.39, 0.29) is 18.4 Å². The number of amides is 2. The second-order valence-corrected chi connectivity index (χ2v) is 6.85. The number of nitrogens with one attached hydrogen (secondary N) is 2. The maximum atomic E-state index is 12.1.